The lowest BCUT2D eigenvalue weighted by Gasteiger charge is -2.41. The fourth-order valence-corrected chi connectivity index (χ4v) is 5.00. The molecule has 3 aromatic rings. The average Bonchev–Trinajstić information content (AvgIpc) is 2.96. The molecule has 0 unspecified atom stereocenters. The lowest BCUT2D eigenvalue weighted by molar-refractivity contribution is 0.0932. The zero-order chi connectivity index (χ0) is 25.9. The van der Waals surface area contributed by atoms with Crippen LogP contribution in [0.25, 0.3) is 0 Å². The first kappa shape index (κ1) is 25.8. The molecular weight excluding hydrogens is 462 g/mol. The zero-order valence-corrected chi connectivity index (χ0v) is 21.1. The second-order valence-electron chi connectivity index (χ2n) is 9.35. The Morgan fingerprint density at radius 2 is 1.62 bits per heavy atom. The molecule has 0 aromatic heterocycles. The van der Waals surface area contributed by atoms with Crippen molar-refractivity contribution in [3.8, 4) is 11.9 Å². The Bertz CT molecular complexity index is 1230. The zero-order valence-electron chi connectivity index (χ0n) is 21.1. The van der Waals surface area contributed by atoms with Crippen LogP contribution in [0.1, 0.15) is 47.2 Å². The summed E-state index contributed by atoms with van der Waals surface area (Å²) in [7, 11) is 1.57. The van der Waals surface area contributed by atoms with Crippen LogP contribution in [0.4, 0.5) is 0 Å². The van der Waals surface area contributed by atoms with Gasteiger partial charge in [-0.2, -0.15) is 5.26 Å². The average molecular weight is 496 g/mol. The van der Waals surface area contributed by atoms with E-state index in [1.54, 1.807) is 19.2 Å². The van der Waals surface area contributed by atoms with Crippen LogP contribution < -0.4 is 20.7 Å². The molecule has 0 bridgehead atoms. The molecule has 0 aliphatic heterocycles. The summed E-state index contributed by atoms with van der Waals surface area (Å²) in [6.45, 7) is 1.12. The normalized spacial score (nSPS) is 19.4. The second kappa shape index (κ2) is 12.6. The number of hydrogen-bond acceptors (Lipinski definition) is 4. The molecule has 1 aliphatic rings. The summed E-state index contributed by atoms with van der Waals surface area (Å²) in [6, 6.07) is 27.9. The van der Waals surface area contributed by atoms with Crippen LogP contribution in [0.5, 0.6) is 5.75 Å². The fourth-order valence-electron chi connectivity index (χ4n) is 5.00. The number of rotatable bonds is 8. The number of nitrogens with one attached hydrogen (secondary N) is 3. The number of carbonyl (C=O) groups is 1. The smallest absolute Gasteiger partial charge is 0.255 e. The van der Waals surface area contributed by atoms with E-state index >= 15 is 0 Å². The number of nitrogens with zero attached hydrogens (tertiary/aromatic N) is 2. The molecule has 1 aliphatic carbocycles. The van der Waals surface area contributed by atoms with Crippen molar-refractivity contribution in [2.75, 3.05) is 13.7 Å². The van der Waals surface area contributed by atoms with Crippen LogP contribution in [-0.2, 0) is 12.0 Å². The summed E-state index contributed by atoms with van der Waals surface area (Å²) < 4.78 is 5.38. The molecule has 7 heteroatoms. The van der Waals surface area contributed by atoms with E-state index in [2.05, 4.69) is 45.2 Å². The Balaban J connectivity index is 1.42. The Morgan fingerprint density at radius 1 is 0.973 bits per heavy atom. The second-order valence-corrected chi connectivity index (χ2v) is 9.35. The predicted octanol–water partition coefficient (Wildman–Crippen LogP) is 4.52. The van der Waals surface area contributed by atoms with E-state index in [-0.39, 0.29) is 17.4 Å². The van der Waals surface area contributed by atoms with Crippen molar-refractivity contribution >= 4 is 11.9 Å². The highest BCUT2D eigenvalue weighted by atomic mass is 16.5. The van der Waals surface area contributed by atoms with Crippen LogP contribution >= 0.6 is 0 Å². The van der Waals surface area contributed by atoms with Crippen LogP contribution in [-0.4, -0.2) is 31.6 Å². The number of carbonyl (C=O) groups excluding carboxylic acids is 1. The van der Waals surface area contributed by atoms with Crippen LogP contribution in [0.3, 0.4) is 0 Å². The highest BCUT2D eigenvalue weighted by Gasteiger charge is 2.37. The van der Waals surface area contributed by atoms with Gasteiger partial charge in [0.2, 0.25) is 12.2 Å². The van der Waals surface area contributed by atoms with Gasteiger partial charge in [0.15, 0.2) is 0 Å². The van der Waals surface area contributed by atoms with Gasteiger partial charge in [-0.3, -0.25) is 4.79 Å². The van der Waals surface area contributed by atoms with Crippen LogP contribution in [0.2, 0.25) is 0 Å². The third-order valence-corrected chi connectivity index (χ3v) is 7.07. The molecule has 37 heavy (non-hydrogen) atoms. The summed E-state index contributed by atoms with van der Waals surface area (Å²) in [5.74, 6) is 0.920. The quantitative estimate of drug-likeness (QED) is 0.242. The highest BCUT2D eigenvalue weighted by molar-refractivity contribution is 5.97. The van der Waals surface area contributed by atoms with E-state index in [1.165, 1.54) is 5.56 Å². The van der Waals surface area contributed by atoms with Gasteiger partial charge in [0.25, 0.3) is 5.91 Å². The van der Waals surface area contributed by atoms with E-state index in [0.717, 1.165) is 31.2 Å². The summed E-state index contributed by atoms with van der Waals surface area (Å²) in [5.41, 5.74) is 2.70. The van der Waals surface area contributed by atoms with Crippen molar-refractivity contribution in [1.82, 2.24) is 16.0 Å². The van der Waals surface area contributed by atoms with Gasteiger partial charge in [-0.25, -0.2) is 0 Å². The van der Waals surface area contributed by atoms with E-state index in [9.17, 15) is 10.1 Å². The van der Waals surface area contributed by atoms with E-state index in [4.69, 9.17) is 4.74 Å². The maximum atomic E-state index is 13.1. The first-order valence-electron chi connectivity index (χ1n) is 12.6. The number of hydrogen-bond donors (Lipinski definition) is 3. The van der Waals surface area contributed by atoms with E-state index in [0.29, 0.717) is 30.4 Å². The van der Waals surface area contributed by atoms with Crippen molar-refractivity contribution in [3.63, 3.8) is 0 Å². The molecule has 0 atom stereocenters. The number of para-hydroxylation sites is 1. The molecular formula is C30H33N5O2. The minimum Gasteiger partial charge on any atom is -0.496 e. The highest BCUT2D eigenvalue weighted by Crippen LogP contribution is 2.39. The van der Waals surface area contributed by atoms with Crippen LogP contribution in [0, 0.1) is 11.5 Å². The summed E-state index contributed by atoms with van der Waals surface area (Å²) >= 11 is 0. The van der Waals surface area contributed by atoms with Crippen molar-refractivity contribution in [1.29, 1.82) is 5.26 Å². The molecule has 0 saturated heterocycles. The minimum absolute atomic E-state index is 0.137. The first-order valence-corrected chi connectivity index (χ1v) is 12.6. The molecule has 1 fully saturated rings. The Morgan fingerprint density at radius 3 is 2.30 bits per heavy atom. The van der Waals surface area contributed by atoms with Gasteiger partial charge in [0, 0.05) is 24.5 Å². The van der Waals surface area contributed by atoms with E-state index in [1.807, 2.05) is 54.7 Å². The number of methoxy groups -OCH3 is 1. The molecule has 7 nitrogen and oxygen atoms in total. The van der Waals surface area contributed by atoms with Crippen LogP contribution in [0.15, 0.2) is 89.9 Å². The lowest BCUT2D eigenvalue weighted by atomic mass is 9.68. The van der Waals surface area contributed by atoms with Gasteiger partial charge in [-0.15, -0.1) is 4.99 Å². The van der Waals surface area contributed by atoms with Gasteiger partial charge in [0.05, 0.1) is 12.7 Å². The Labute approximate surface area is 218 Å². The van der Waals surface area contributed by atoms with E-state index < -0.39 is 0 Å². The topological polar surface area (TPSA) is 98.5 Å². The van der Waals surface area contributed by atoms with Gasteiger partial charge in [0.1, 0.15) is 5.75 Å². The number of benzene rings is 3. The standard InChI is InChI=1S/C30H33N5O2/c1-37-27-15-9-8-14-26(27)28(36)33-21-30(24-12-6-3-7-13-24)18-16-25(17-19-30)35-29(34-22-31)32-20-23-10-4-2-5-11-23/h2-15,25H,16-21H2,1H3,(H,33,36)(H2,32,34,35). The number of aliphatic imine (C=N–C) groups is 1. The number of guanidine groups is 1. The van der Waals surface area contributed by atoms with Gasteiger partial charge < -0.3 is 20.7 Å². The van der Waals surface area contributed by atoms with Gasteiger partial charge >= 0.3 is 0 Å². The van der Waals surface area contributed by atoms with Crippen molar-refractivity contribution in [2.24, 2.45) is 4.99 Å². The lowest BCUT2D eigenvalue weighted by Crippen LogP contribution is -2.49. The van der Waals surface area contributed by atoms with Gasteiger partial charge in [-0.05, 0) is 48.9 Å². The monoisotopic (exact) mass is 495 g/mol. The molecule has 0 radical (unpaired) electrons. The molecule has 1 amide bonds. The maximum Gasteiger partial charge on any atom is 0.255 e. The minimum atomic E-state index is -0.179. The summed E-state index contributed by atoms with van der Waals surface area (Å²) in [4.78, 5) is 17.0. The Kier molecular flexibility index (Phi) is 8.77. The molecule has 0 heterocycles. The third kappa shape index (κ3) is 6.68. The first-order chi connectivity index (χ1) is 18.1. The number of amides is 1. The summed E-state index contributed by atoms with van der Waals surface area (Å²) in [6.07, 6.45) is 5.45. The molecule has 1 saturated carbocycles. The molecule has 190 valence electrons. The van der Waals surface area contributed by atoms with Crippen molar-refractivity contribution in [2.45, 2.75) is 43.7 Å². The number of nitriles is 1. The Hall–Kier alpha value is -4.31. The van der Waals surface area contributed by atoms with Crippen molar-refractivity contribution < 1.29 is 9.53 Å². The fraction of sp³-hybridized carbons (Fsp3) is 0.300. The molecule has 3 aromatic carbocycles. The van der Waals surface area contributed by atoms with Crippen molar-refractivity contribution in [3.05, 3.63) is 102 Å². The van der Waals surface area contributed by atoms with Gasteiger partial charge in [-0.1, -0.05) is 72.8 Å². The number of ether oxygens (including phenoxy) is 1. The summed E-state index contributed by atoms with van der Waals surface area (Å²) in [5, 5.41) is 19.0. The molecule has 0 spiro atoms. The predicted molar refractivity (Wildman–Crippen MR) is 145 cm³/mol. The molecule has 4 rings (SSSR count). The molecule has 3 N–H and O–H groups in total. The maximum absolute atomic E-state index is 13.1. The third-order valence-electron chi connectivity index (χ3n) is 7.07. The largest absolute Gasteiger partial charge is 0.496 e. The SMILES string of the molecule is COc1ccccc1C(=O)NCC1(c2ccccc2)CCC(N/C(=N/C#N)NCc2ccccc2)CC1.